The number of aromatic nitrogens is 1. The molecule has 2 N–H and O–H groups in total. The Kier molecular flexibility index (Phi) is 9.24. The number of carboxylic acid groups (broad SMARTS) is 2. The van der Waals surface area contributed by atoms with E-state index in [9.17, 15) is 4.79 Å². The summed E-state index contributed by atoms with van der Waals surface area (Å²) in [5.41, 5.74) is 1.20. The second-order valence-corrected chi connectivity index (χ2v) is 6.59. The van der Waals surface area contributed by atoms with Crippen LogP contribution in [0.25, 0.3) is 0 Å². The molecule has 1 aromatic carbocycles. The van der Waals surface area contributed by atoms with Crippen molar-refractivity contribution in [3.05, 3.63) is 54.4 Å². The van der Waals surface area contributed by atoms with Crippen molar-refractivity contribution in [3.8, 4) is 11.5 Å². The lowest BCUT2D eigenvalue weighted by Crippen LogP contribution is -2.49. The molecule has 0 aliphatic carbocycles. The number of hydrogen-bond acceptors (Lipinski definition) is 7. The molecule has 1 saturated heterocycles. The van der Waals surface area contributed by atoms with Crippen molar-refractivity contribution in [2.24, 2.45) is 0 Å². The quantitative estimate of drug-likeness (QED) is 0.643. The highest BCUT2D eigenvalue weighted by atomic mass is 16.5. The molecule has 0 bridgehead atoms. The second kappa shape index (κ2) is 12.1. The smallest absolute Gasteiger partial charge is 0.414 e. The summed E-state index contributed by atoms with van der Waals surface area (Å²) in [4.78, 5) is 38.9. The first kappa shape index (κ1) is 23.6. The zero-order valence-corrected chi connectivity index (χ0v) is 17.1. The molecule has 1 amide bonds. The largest absolute Gasteiger partial charge is 0.497 e. The Morgan fingerprint density at radius 1 is 0.968 bits per heavy atom. The molecule has 10 heteroatoms. The number of methoxy groups -OCH3 is 1. The van der Waals surface area contributed by atoms with E-state index in [4.69, 9.17) is 29.3 Å². The lowest BCUT2D eigenvalue weighted by atomic mass is 10.2. The summed E-state index contributed by atoms with van der Waals surface area (Å²) in [6.45, 7) is 4.12. The highest BCUT2D eigenvalue weighted by Crippen LogP contribution is 2.17. The molecule has 0 spiro atoms. The number of carbonyl (C=O) groups excluding carboxylic acids is 1. The van der Waals surface area contributed by atoms with E-state index < -0.39 is 11.9 Å². The van der Waals surface area contributed by atoms with Gasteiger partial charge in [0.2, 0.25) is 0 Å². The average Bonchev–Trinajstić information content (AvgIpc) is 2.79. The predicted molar refractivity (Wildman–Crippen MR) is 110 cm³/mol. The van der Waals surface area contributed by atoms with Gasteiger partial charge in [-0.15, -0.1) is 0 Å². The average molecular weight is 431 g/mol. The first-order valence-electron chi connectivity index (χ1n) is 9.51. The molecule has 2 aromatic rings. The van der Waals surface area contributed by atoms with Crippen LogP contribution in [0.4, 0.5) is 0 Å². The molecular formula is C21H25N3O7. The van der Waals surface area contributed by atoms with E-state index in [2.05, 4.69) is 16.0 Å². The van der Waals surface area contributed by atoms with E-state index in [1.54, 1.807) is 25.4 Å². The third-order valence-electron chi connectivity index (χ3n) is 4.46. The lowest BCUT2D eigenvalue weighted by molar-refractivity contribution is -0.159. The standard InChI is InChI=1S/C19H23N3O3.C2H2O4/c1-24-17-4-6-18(7-5-17)25-15-19(23)22-11-9-21(10-12-22)14-16-3-2-8-20-13-16;3-1(4)2(5)6/h2-8,13H,9-12,14-15H2,1H3;(H,3,4)(H,5,6). The number of pyridine rings is 1. The number of piperazine rings is 1. The number of nitrogens with zero attached hydrogens (tertiary/aromatic N) is 3. The van der Waals surface area contributed by atoms with Crippen LogP contribution in [0.5, 0.6) is 11.5 Å². The Labute approximate surface area is 179 Å². The summed E-state index contributed by atoms with van der Waals surface area (Å²) in [5, 5.41) is 14.8. The van der Waals surface area contributed by atoms with Crippen molar-refractivity contribution in [1.82, 2.24) is 14.8 Å². The van der Waals surface area contributed by atoms with Crippen molar-refractivity contribution < 1.29 is 34.1 Å². The van der Waals surface area contributed by atoms with Gasteiger partial charge in [0, 0.05) is 45.1 Å². The first-order chi connectivity index (χ1) is 14.9. The summed E-state index contributed by atoms with van der Waals surface area (Å²) in [6.07, 6.45) is 3.67. The van der Waals surface area contributed by atoms with E-state index in [0.717, 1.165) is 38.5 Å². The minimum atomic E-state index is -1.82. The number of rotatable bonds is 6. The molecule has 1 fully saturated rings. The summed E-state index contributed by atoms with van der Waals surface area (Å²) < 4.78 is 10.7. The Bertz CT molecular complexity index is 839. The molecular weight excluding hydrogens is 406 g/mol. The SMILES string of the molecule is COc1ccc(OCC(=O)N2CCN(Cc3cccnc3)CC2)cc1.O=C(O)C(=O)O. The molecule has 0 saturated carbocycles. The van der Waals surface area contributed by atoms with Gasteiger partial charge in [-0.3, -0.25) is 14.7 Å². The van der Waals surface area contributed by atoms with Gasteiger partial charge in [0.15, 0.2) is 6.61 Å². The van der Waals surface area contributed by atoms with Gasteiger partial charge in [-0.2, -0.15) is 0 Å². The summed E-state index contributed by atoms with van der Waals surface area (Å²) in [5.74, 6) is -2.19. The van der Waals surface area contributed by atoms with E-state index in [1.807, 2.05) is 29.3 Å². The maximum Gasteiger partial charge on any atom is 0.414 e. The number of hydrogen-bond donors (Lipinski definition) is 2. The van der Waals surface area contributed by atoms with Crippen LogP contribution in [0.2, 0.25) is 0 Å². The highest BCUT2D eigenvalue weighted by Gasteiger charge is 2.21. The third kappa shape index (κ3) is 8.31. The molecule has 1 aliphatic heterocycles. The first-order valence-corrected chi connectivity index (χ1v) is 9.51. The third-order valence-corrected chi connectivity index (χ3v) is 4.46. The van der Waals surface area contributed by atoms with Crippen molar-refractivity contribution in [2.45, 2.75) is 6.54 Å². The molecule has 1 aliphatic rings. The Hall–Kier alpha value is -3.66. The Balaban J connectivity index is 0.000000501. The predicted octanol–water partition coefficient (Wildman–Crippen LogP) is 0.969. The van der Waals surface area contributed by atoms with E-state index in [1.165, 1.54) is 5.56 Å². The van der Waals surface area contributed by atoms with Crippen LogP contribution in [-0.4, -0.2) is 82.7 Å². The van der Waals surface area contributed by atoms with Crippen molar-refractivity contribution in [3.63, 3.8) is 0 Å². The van der Waals surface area contributed by atoms with Gasteiger partial charge in [-0.1, -0.05) is 6.07 Å². The Morgan fingerprint density at radius 3 is 2.10 bits per heavy atom. The van der Waals surface area contributed by atoms with E-state index >= 15 is 0 Å². The van der Waals surface area contributed by atoms with Crippen LogP contribution in [0.3, 0.4) is 0 Å². The minimum Gasteiger partial charge on any atom is -0.497 e. The normalized spacial score (nSPS) is 13.5. The van der Waals surface area contributed by atoms with Gasteiger partial charge >= 0.3 is 11.9 Å². The number of aliphatic carboxylic acids is 2. The van der Waals surface area contributed by atoms with Crippen LogP contribution in [-0.2, 0) is 20.9 Å². The maximum absolute atomic E-state index is 12.3. The van der Waals surface area contributed by atoms with Crippen LogP contribution in [0.1, 0.15) is 5.56 Å². The zero-order valence-electron chi connectivity index (χ0n) is 17.1. The van der Waals surface area contributed by atoms with Gasteiger partial charge in [0.05, 0.1) is 7.11 Å². The monoisotopic (exact) mass is 431 g/mol. The molecule has 0 unspecified atom stereocenters. The van der Waals surface area contributed by atoms with E-state index in [0.29, 0.717) is 5.75 Å². The Morgan fingerprint density at radius 2 is 1.58 bits per heavy atom. The molecule has 3 rings (SSSR count). The van der Waals surface area contributed by atoms with Crippen molar-refractivity contribution >= 4 is 17.8 Å². The number of carbonyl (C=O) groups is 3. The van der Waals surface area contributed by atoms with Crippen molar-refractivity contribution in [1.29, 1.82) is 0 Å². The van der Waals surface area contributed by atoms with Gasteiger partial charge in [0.1, 0.15) is 11.5 Å². The summed E-state index contributed by atoms with van der Waals surface area (Å²) in [6, 6.07) is 11.3. The van der Waals surface area contributed by atoms with E-state index in [-0.39, 0.29) is 12.5 Å². The fraction of sp³-hybridized carbons (Fsp3) is 0.333. The molecule has 0 atom stereocenters. The highest BCUT2D eigenvalue weighted by molar-refractivity contribution is 6.27. The number of amides is 1. The molecule has 31 heavy (non-hydrogen) atoms. The van der Waals surface area contributed by atoms with Gasteiger partial charge in [-0.25, -0.2) is 9.59 Å². The van der Waals surface area contributed by atoms with Crippen molar-refractivity contribution in [2.75, 3.05) is 39.9 Å². The molecule has 2 heterocycles. The molecule has 1 aromatic heterocycles. The van der Waals surface area contributed by atoms with Crippen LogP contribution >= 0.6 is 0 Å². The van der Waals surface area contributed by atoms with Crippen LogP contribution in [0, 0.1) is 0 Å². The maximum atomic E-state index is 12.3. The summed E-state index contributed by atoms with van der Waals surface area (Å²) >= 11 is 0. The van der Waals surface area contributed by atoms with Gasteiger partial charge in [0.25, 0.3) is 5.91 Å². The van der Waals surface area contributed by atoms with Gasteiger partial charge in [-0.05, 0) is 35.9 Å². The fourth-order valence-corrected chi connectivity index (χ4v) is 2.81. The zero-order chi connectivity index (χ0) is 22.6. The second-order valence-electron chi connectivity index (χ2n) is 6.59. The number of benzene rings is 1. The van der Waals surface area contributed by atoms with Gasteiger partial charge < -0.3 is 24.6 Å². The topological polar surface area (TPSA) is 130 Å². The fourth-order valence-electron chi connectivity index (χ4n) is 2.81. The molecule has 10 nitrogen and oxygen atoms in total. The molecule has 166 valence electrons. The molecule has 0 radical (unpaired) electrons. The minimum absolute atomic E-state index is 0.0249. The summed E-state index contributed by atoms with van der Waals surface area (Å²) in [7, 11) is 1.62. The number of ether oxygens (including phenoxy) is 2. The van der Waals surface area contributed by atoms with Crippen LogP contribution < -0.4 is 9.47 Å². The lowest BCUT2D eigenvalue weighted by Gasteiger charge is -2.34. The number of carboxylic acids is 2. The van der Waals surface area contributed by atoms with Crippen LogP contribution in [0.15, 0.2) is 48.8 Å².